The smallest absolute Gasteiger partial charge is 0.332 e. The van der Waals surface area contributed by atoms with Gasteiger partial charge in [-0.2, -0.15) is 0 Å². The summed E-state index contributed by atoms with van der Waals surface area (Å²) in [6.07, 6.45) is 3.99. The van der Waals surface area contributed by atoms with Crippen molar-refractivity contribution in [3.05, 3.63) is 68.8 Å². The predicted molar refractivity (Wildman–Crippen MR) is 99.7 cm³/mol. The first kappa shape index (κ1) is 17.1. The molecule has 0 N–H and O–H groups in total. The molecule has 138 valence electrons. The maximum atomic E-state index is 12.6. The summed E-state index contributed by atoms with van der Waals surface area (Å²) in [6, 6.07) is 6.94. The Labute approximate surface area is 154 Å². The lowest BCUT2D eigenvalue weighted by Crippen LogP contribution is -2.37. The molecular weight excluding hydrogens is 346 g/mol. The van der Waals surface area contributed by atoms with Gasteiger partial charge in [-0.25, -0.2) is 9.78 Å². The van der Waals surface area contributed by atoms with Crippen molar-refractivity contribution in [2.24, 2.45) is 14.1 Å². The van der Waals surface area contributed by atoms with Crippen molar-refractivity contribution in [3.8, 4) is 0 Å². The Balaban J connectivity index is 1.65. The molecule has 1 amide bonds. The van der Waals surface area contributed by atoms with E-state index in [-0.39, 0.29) is 17.4 Å². The highest BCUT2D eigenvalue weighted by molar-refractivity contribution is 5.94. The van der Waals surface area contributed by atoms with Crippen LogP contribution in [-0.2, 0) is 14.1 Å². The van der Waals surface area contributed by atoms with Crippen LogP contribution in [-0.4, -0.2) is 43.0 Å². The van der Waals surface area contributed by atoms with E-state index in [9.17, 15) is 14.4 Å². The molecule has 0 spiro atoms. The van der Waals surface area contributed by atoms with Crippen molar-refractivity contribution >= 4 is 16.9 Å². The third-order valence-corrected chi connectivity index (χ3v) is 5.14. The van der Waals surface area contributed by atoms with E-state index in [0.717, 1.165) is 16.7 Å². The number of nitrogens with zero attached hydrogens (tertiary/aromatic N) is 5. The molecule has 4 heterocycles. The monoisotopic (exact) mass is 365 g/mol. The van der Waals surface area contributed by atoms with Gasteiger partial charge >= 0.3 is 5.69 Å². The van der Waals surface area contributed by atoms with Crippen molar-refractivity contribution in [2.45, 2.75) is 12.3 Å². The fourth-order valence-corrected chi connectivity index (χ4v) is 3.56. The number of carbonyl (C=O) groups is 1. The van der Waals surface area contributed by atoms with Gasteiger partial charge in [-0.3, -0.25) is 23.7 Å². The van der Waals surface area contributed by atoms with Gasteiger partial charge in [0.2, 0.25) is 0 Å². The third-order valence-electron chi connectivity index (χ3n) is 5.14. The predicted octanol–water partition coefficient (Wildman–Crippen LogP) is 0.657. The Morgan fingerprint density at radius 1 is 1.07 bits per heavy atom. The molecule has 1 atom stereocenters. The van der Waals surface area contributed by atoms with Crippen molar-refractivity contribution in [3.63, 3.8) is 0 Å². The Morgan fingerprint density at radius 2 is 1.81 bits per heavy atom. The molecule has 1 aliphatic rings. The average molecular weight is 365 g/mol. The molecule has 0 unspecified atom stereocenters. The molecule has 1 saturated heterocycles. The number of hydrogen-bond acceptors (Lipinski definition) is 5. The minimum absolute atomic E-state index is 0.0260. The van der Waals surface area contributed by atoms with E-state index in [1.807, 2.05) is 6.07 Å². The van der Waals surface area contributed by atoms with Gasteiger partial charge in [0.25, 0.3) is 11.5 Å². The van der Waals surface area contributed by atoms with Gasteiger partial charge in [0.15, 0.2) is 0 Å². The van der Waals surface area contributed by atoms with E-state index in [1.165, 1.54) is 11.6 Å². The fraction of sp³-hybridized carbons (Fsp3) is 0.316. The van der Waals surface area contributed by atoms with Crippen molar-refractivity contribution < 1.29 is 4.79 Å². The molecule has 0 aromatic carbocycles. The van der Waals surface area contributed by atoms with Gasteiger partial charge in [0.05, 0.1) is 5.39 Å². The molecule has 0 aliphatic carbocycles. The number of likely N-dealkylation sites (tertiary alicyclic amines) is 1. The number of aromatic nitrogens is 4. The second-order valence-corrected chi connectivity index (χ2v) is 6.79. The van der Waals surface area contributed by atoms with Gasteiger partial charge in [-0.05, 0) is 30.7 Å². The number of amides is 1. The summed E-state index contributed by atoms with van der Waals surface area (Å²) in [6.45, 7) is 1.19. The van der Waals surface area contributed by atoms with Crippen molar-refractivity contribution in [2.75, 3.05) is 13.1 Å². The largest absolute Gasteiger partial charge is 0.338 e. The summed E-state index contributed by atoms with van der Waals surface area (Å²) in [7, 11) is 3.06. The van der Waals surface area contributed by atoms with E-state index in [1.54, 1.807) is 42.5 Å². The summed E-state index contributed by atoms with van der Waals surface area (Å²) in [4.78, 5) is 47.4. The lowest BCUT2D eigenvalue weighted by atomic mass is 10.0. The number of carbonyl (C=O) groups excluding carboxylic acids is 1. The topological polar surface area (TPSA) is 90.1 Å². The molecule has 0 bridgehead atoms. The molecule has 3 aromatic heterocycles. The Hall–Kier alpha value is -3.29. The molecule has 4 rings (SSSR count). The first-order chi connectivity index (χ1) is 13.0. The number of aryl methyl sites for hydroxylation is 1. The Bertz CT molecular complexity index is 1150. The first-order valence-electron chi connectivity index (χ1n) is 8.73. The second kappa shape index (κ2) is 6.46. The zero-order valence-electron chi connectivity index (χ0n) is 15.1. The number of fused-ring (bicyclic) bond motifs is 1. The Morgan fingerprint density at radius 3 is 2.56 bits per heavy atom. The lowest BCUT2D eigenvalue weighted by Gasteiger charge is -2.16. The van der Waals surface area contributed by atoms with Crippen LogP contribution in [0.5, 0.6) is 0 Å². The zero-order chi connectivity index (χ0) is 19.1. The lowest BCUT2D eigenvalue weighted by molar-refractivity contribution is 0.0790. The maximum absolute atomic E-state index is 12.6. The van der Waals surface area contributed by atoms with Crippen LogP contribution in [0.2, 0.25) is 0 Å². The van der Waals surface area contributed by atoms with Gasteiger partial charge in [0.1, 0.15) is 5.65 Å². The highest BCUT2D eigenvalue weighted by Gasteiger charge is 2.29. The van der Waals surface area contributed by atoms with Crippen LogP contribution in [0, 0.1) is 0 Å². The van der Waals surface area contributed by atoms with Crippen LogP contribution in [0.15, 0.2) is 46.2 Å². The van der Waals surface area contributed by atoms with Gasteiger partial charge in [-0.1, -0.05) is 0 Å². The van der Waals surface area contributed by atoms with Crippen LogP contribution in [0.1, 0.15) is 28.4 Å². The molecular formula is C19H19N5O3. The molecule has 0 saturated carbocycles. The van der Waals surface area contributed by atoms with Crippen molar-refractivity contribution in [1.29, 1.82) is 0 Å². The van der Waals surface area contributed by atoms with E-state index in [0.29, 0.717) is 29.7 Å². The summed E-state index contributed by atoms with van der Waals surface area (Å²) in [5, 5.41) is 0.408. The molecule has 0 radical (unpaired) electrons. The highest BCUT2D eigenvalue weighted by atomic mass is 16.2. The van der Waals surface area contributed by atoms with Crippen LogP contribution >= 0.6 is 0 Å². The summed E-state index contributed by atoms with van der Waals surface area (Å²) in [5.41, 5.74) is 1.02. The van der Waals surface area contributed by atoms with E-state index in [4.69, 9.17) is 0 Å². The van der Waals surface area contributed by atoms with E-state index < -0.39 is 5.69 Å². The van der Waals surface area contributed by atoms with E-state index in [2.05, 4.69) is 9.97 Å². The second-order valence-electron chi connectivity index (χ2n) is 6.79. The van der Waals surface area contributed by atoms with Gasteiger partial charge < -0.3 is 4.90 Å². The third kappa shape index (κ3) is 2.83. The molecule has 8 nitrogen and oxygen atoms in total. The molecule has 1 aliphatic heterocycles. The van der Waals surface area contributed by atoms with Crippen LogP contribution in [0.3, 0.4) is 0 Å². The first-order valence-corrected chi connectivity index (χ1v) is 8.73. The molecule has 8 heteroatoms. The molecule has 1 fully saturated rings. The van der Waals surface area contributed by atoms with Crippen LogP contribution in [0.4, 0.5) is 0 Å². The SMILES string of the molecule is Cn1c(=O)c2ccc([C@H]3CCN(C(=O)c4ccncc4)C3)nc2n(C)c1=O. The molecule has 3 aromatic rings. The van der Waals surface area contributed by atoms with Gasteiger partial charge in [-0.15, -0.1) is 0 Å². The highest BCUT2D eigenvalue weighted by Crippen LogP contribution is 2.27. The average Bonchev–Trinajstić information content (AvgIpc) is 3.20. The summed E-state index contributed by atoms with van der Waals surface area (Å²) in [5.74, 6) is 0.0429. The van der Waals surface area contributed by atoms with Crippen molar-refractivity contribution in [1.82, 2.24) is 24.0 Å². The van der Waals surface area contributed by atoms with Crippen LogP contribution in [0.25, 0.3) is 11.0 Å². The fourth-order valence-electron chi connectivity index (χ4n) is 3.56. The standard InChI is InChI=1S/C19H19N5O3/c1-22-16-14(18(26)23(2)19(22)27)3-4-15(21-16)13-7-10-24(11-13)17(25)12-5-8-20-9-6-12/h3-6,8-9,13H,7,10-11H2,1-2H3/t13-/m0/s1. The van der Waals surface area contributed by atoms with E-state index >= 15 is 0 Å². The zero-order valence-corrected chi connectivity index (χ0v) is 15.1. The minimum Gasteiger partial charge on any atom is -0.338 e. The van der Waals surface area contributed by atoms with Crippen LogP contribution < -0.4 is 11.2 Å². The number of rotatable bonds is 2. The summed E-state index contributed by atoms with van der Waals surface area (Å²) >= 11 is 0. The molecule has 27 heavy (non-hydrogen) atoms. The Kier molecular flexibility index (Phi) is 4.10. The number of pyridine rings is 2. The maximum Gasteiger partial charge on any atom is 0.332 e. The quantitative estimate of drug-likeness (QED) is 0.665. The minimum atomic E-state index is -0.405. The summed E-state index contributed by atoms with van der Waals surface area (Å²) < 4.78 is 2.46. The normalized spacial score (nSPS) is 16.8. The number of hydrogen-bond donors (Lipinski definition) is 0. The van der Waals surface area contributed by atoms with Gasteiger partial charge in [0, 0.05) is 56.8 Å².